The monoisotopic (exact) mass is 364 g/mol. The lowest BCUT2D eigenvalue weighted by Crippen LogP contribution is -2.53. The molecular weight excluding hydrogens is 336 g/mol. The SMILES string of the molecule is O=C(NCC1CCCN(Cc2ccccc2)C1)N1CC(c2ccccn2)C1. The van der Waals surface area contributed by atoms with Gasteiger partial charge in [-0.3, -0.25) is 9.88 Å². The molecule has 2 amide bonds. The minimum atomic E-state index is 0.0716. The topological polar surface area (TPSA) is 48.5 Å². The van der Waals surface area contributed by atoms with Crippen molar-refractivity contribution in [3.05, 3.63) is 66.0 Å². The number of hydrogen-bond donors (Lipinski definition) is 1. The van der Waals surface area contributed by atoms with E-state index in [1.54, 1.807) is 0 Å². The number of rotatable bonds is 5. The average Bonchev–Trinajstić information content (AvgIpc) is 2.67. The van der Waals surface area contributed by atoms with Crippen LogP contribution in [0.4, 0.5) is 4.79 Å². The molecule has 0 bridgehead atoms. The zero-order valence-electron chi connectivity index (χ0n) is 15.8. The molecule has 1 aromatic carbocycles. The number of carbonyl (C=O) groups is 1. The minimum absolute atomic E-state index is 0.0716. The molecule has 0 radical (unpaired) electrons. The Morgan fingerprint density at radius 1 is 1.07 bits per heavy atom. The highest BCUT2D eigenvalue weighted by molar-refractivity contribution is 5.75. The molecule has 0 saturated carbocycles. The van der Waals surface area contributed by atoms with Gasteiger partial charge in [0.25, 0.3) is 0 Å². The average molecular weight is 364 g/mol. The summed E-state index contributed by atoms with van der Waals surface area (Å²) in [6.07, 6.45) is 4.23. The minimum Gasteiger partial charge on any atom is -0.338 e. The third-order valence-corrected chi connectivity index (χ3v) is 5.67. The Kier molecular flexibility index (Phi) is 5.68. The second kappa shape index (κ2) is 8.53. The Labute approximate surface area is 161 Å². The van der Waals surface area contributed by atoms with Crippen LogP contribution in [-0.2, 0) is 6.54 Å². The Morgan fingerprint density at radius 2 is 1.89 bits per heavy atom. The van der Waals surface area contributed by atoms with Crippen molar-refractivity contribution in [3.8, 4) is 0 Å². The van der Waals surface area contributed by atoms with E-state index in [-0.39, 0.29) is 6.03 Å². The molecule has 1 N–H and O–H groups in total. The third kappa shape index (κ3) is 4.66. The van der Waals surface area contributed by atoms with Gasteiger partial charge in [0.05, 0.1) is 0 Å². The molecule has 5 heteroatoms. The van der Waals surface area contributed by atoms with Gasteiger partial charge in [0.2, 0.25) is 0 Å². The first-order chi connectivity index (χ1) is 13.3. The molecule has 3 heterocycles. The van der Waals surface area contributed by atoms with Gasteiger partial charge in [-0.1, -0.05) is 36.4 Å². The van der Waals surface area contributed by atoms with Crippen molar-refractivity contribution in [2.45, 2.75) is 25.3 Å². The van der Waals surface area contributed by atoms with Crippen molar-refractivity contribution in [2.75, 3.05) is 32.7 Å². The molecule has 2 saturated heterocycles. The summed E-state index contributed by atoms with van der Waals surface area (Å²) in [5, 5.41) is 3.15. The first-order valence-electron chi connectivity index (χ1n) is 9.98. The predicted octanol–water partition coefficient (Wildman–Crippen LogP) is 3.10. The van der Waals surface area contributed by atoms with E-state index < -0.39 is 0 Å². The summed E-state index contributed by atoms with van der Waals surface area (Å²) in [5.74, 6) is 0.923. The van der Waals surface area contributed by atoms with Crippen LogP contribution in [0.15, 0.2) is 54.7 Å². The highest BCUT2D eigenvalue weighted by atomic mass is 16.2. The lowest BCUT2D eigenvalue weighted by molar-refractivity contribution is 0.139. The number of nitrogens with zero attached hydrogens (tertiary/aromatic N) is 3. The van der Waals surface area contributed by atoms with Crippen molar-refractivity contribution >= 4 is 6.03 Å². The molecular formula is C22H28N4O. The summed E-state index contributed by atoms with van der Waals surface area (Å²) in [5.41, 5.74) is 2.45. The quantitative estimate of drug-likeness (QED) is 0.887. The molecule has 1 aromatic heterocycles. The smallest absolute Gasteiger partial charge is 0.317 e. The zero-order valence-corrected chi connectivity index (χ0v) is 15.8. The maximum Gasteiger partial charge on any atom is 0.317 e. The number of amides is 2. The normalized spacial score (nSPS) is 20.9. The number of aromatic nitrogens is 1. The second-order valence-corrected chi connectivity index (χ2v) is 7.77. The highest BCUT2D eigenvalue weighted by Crippen LogP contribution is 2.25. The maximum absolute atomic E-state index is 12.4. The van der Waals surface area contributed by atoms with E-state index >= 15 is 0 Å². The molecule has 4 rings (SSSR count). The molecule has 1 unspecified atom stereocenters. The van der Waals surface area contributed by atoms with Crippen molar-refractivity contribution in [2.24, 2.45) is 5.92 Å². The lowest BCUT2D eigenvalue weighted by Gasteiger charge is -2.39. The van der Waals surface area contributed by atoms with E-state index in [9.17, 15) is 4.79 Å². The van der Waals surface area contributed by atoms with Gasteiger partial charge < -0.3 is 10.2 Å². The highest BCUT2D eigenvalue weighted by Gasteiger charge is 2.32. The summed E-state index contributed by atoms with van der Waals surface area (Å²) >= 11 is 0. The lowest BCUT2D eigenvalue weighted by atomic mass is 9.96. The van der Waals surface area contributed by atoms with Gasteiger partial charge in [0.15, 0.2) is 0 Å². The maximum atomic E-state index is 12.4. The van der Waals surface area contributed by atoms with Crippen LogP contribution in [0.2, 0.25) is 0 Å². The van der Waals surface area contributed by atoms with Gasteiger partial charge in [-0.05, 0) is 43.0 Å². The van der Waals surface area contributed by atoms with Crippen molar-refractivity contribution in [1.82, 2.24) is 20.1 Å². The fourth-order valence-corrected chi connectivity index (χ4v) is 4.10. The zero-order chi connectivity index (χ0) is 18.5. The first-order valence-corrected chi connectivity index (χ1v) is 9.98. The predicted molar refractivity (Wildman–Crippen MR) is 106 cm³/mol. The number of urea groups is 1. The van der Waals surface area contributed by atoms with Gasteiger partial charge >= 0.3 is 6.03 Å². The fraction of sp³-hybridized carbons (Fsp3) is 0.455. The molecule has 1 atom stereocenters. The van der Waals surface area contributed by atoms with E-state index in [0.717, 1.165) is 45.0 Å². The first kappa shape index (κ1) is 18.0. The largest absolute Gasteiger partial charge is 0.338 e. The standard InChI is InChI=1S/C22H28N4O/c27-22(26-16-20(17-26)21-10-4-5-11-23-21)24-13-19-9-6-12-25(15-19)14-18-7-2-1-3-8-18/h1-5,7-8,10-11,19-20H,6,9,12-17H2,(H,24,27). The van der Waals surface area contributed by atoms with Gasteiger partial charge in [0, 0.05) is 50.5 Å². The summed E-state index contributed by atoms with van der Waals surface area (Å²) in [7, 11) is 0. The molecule has 0 aliphatic carbocycles. The summed E-state index contributed by atoms with van der Waals surface area (Å²) in [4.78, 5) is 21.2. The fourth-order valence-electron chi connectivity index (χ4n) is 4.10. The van der Waals surface area contributed by atoms with Crippen LogP contribution >= 0.6 is 0 Å². The van der Waals surface area contributed by atoms with E-state index in [0.29, 0.717) is 11.8 Å². The molecule has 0 spiro atoms. The van der Waals surface area contributed by atoms with Crippen molar-refractivity contribution in [3.63, 3.8) is 0 Å². The van der Waals surface area contributed by atoms with Gasteiger partial charge in [-0.15, -0.1) is 0 Å². The van der Waals surface area contributed by atoms with E-state index in [4.69, 9.17) is 0 Å². The molecule has 5 nitrogen and oxygen atoms in total. The molecule has 2 aromatic rings. The Morgan fingerprint density at radius 3 is 2.67 bits per heavy atom. The van der Waals surface area contributed by atoms with E-state index in [1.807, 2.05) is 29.3 Å². The summed E-state index contributed by atoms with van der Waals surface area (Å²) < 4.78 is 0. The van der Waals surface area contributed by atoms with Crippen LogP contribution in [0.3, 0.4) is 0 Å². The van der Waals surface area contributed by atoms with Gasteiger partial charge in [0.1, 0.15) is 0 Å². The molecule has 2 aliphatic rings. The van der Waals surface area contributed by atoms with Crippen LogP contribution in [-0.4, -0.2) is 53.5 Å². The molecule has 2 aliphatic heterocycles. The number of hydrogen-bond acceptors (Lipinski definition) is 3. The molecule has 142 valence electrons. The van der Waals surface area contributed by atoms with Crippen molar-refractivity contribution < 1.29 is 4.79 Å². The van der Waals surface area contributed by atoms with Crippen LogP contribution in [0.5, 0.6) is 0 Å². The summed E-state index contributed by atoms with van der Waals surface area (Å²) in [6, 6.07) is 16.7. The van der Waals surface area contributed by atoms with E-state index in [1.165, 1.54) is 18.4 Å². The Balaban J connectivity index is 1.19. The van der Waals surface area contributed by atoms with Crippen LogP contribution < -0.4 is 5.32 Å². The number of carbonyl (C=O) groups excluding carboxylic acids is 1. The number of nitrogens with one attached hydrogen (secondary N) is 1. The second-order valence-electron chi connectivity index (χ2n) is 7.77. The van der Waals surface area contributed by atoms with Crippen LogP contribution in [0, 0.1) is 5.92 Å². The Hall–Kier alpha value is -2.40. The molecule has 2 fully saturated rings. The number of likely N-dealkylation sites (tertiary alicyclic amines) is 2. The number of piperidine rings is 1. The van der Waals surface area contributed by atoms with Gasteiger partial charge in [-0.25, -0.2) is 4.79 Å². The Bertz CT molecular complexity index is 730. The summed E-state index contributed by atoms with van der Waals surface area (Å²) in [6.45, 7) is 5.53. The van der Waals surface area contributed by atoms with Crippen molar-refractivity contribution in [1.29, 1.82) is 0 Å². The third-order valence-electron chi connectivity index (χ3n) is 5.67. The van der Waals surface area contributed by atoms with Crippen LogP contribution in [0.25, 0.3) is 0 Å². The van der Waals surface area contributed by atoms with Gasteiger partial charge in [-0.2, -0.15) is 0 Å². The van der Waals surface area contributed by atoms with E-state index in [2.05, 4.69) is 45.5 Å². The van der Waals surface area contributed by atoms with Crippen LogP contribution in [0.1, 0.15) is 30.0 Å². The number of benzene rings is 1. The number of pyridine rings is 1. The molecule has 27 heavy (non-hydrogen) atoms.